The molecule has 1 N–H and O–H groups in total. The van der Waals surface area contributed by atoms with Crippen molar-refractivity contribution in [3.05, 3.63) is 60.2 Å². The topological polar surface area (TPSA) is 20.2 Å². The first kappa shape index (κ1) is 12.2. The summed E-state index contributed by atoms with van der Waals surface area (Å²) in [5, 5.41) is 8.43. The predicted octanol–water partition coefficient (Wildman–Crippen LogP) is 2.30. The minimum absolute atomic E-state index is 0. The maximum Gasteiger partial charge on any atom is 0.0140 e. The van der Waals surface area contributed by atoms with Gasteiger partial charge in [0, 0.05) is 23.7 Å². The first-order valence-electron chi connectivity index (χ1n) is 3.91. The number of aliphatic hydroxyl groups excluding tert-OH is 1. The van der Waals surface area contributed by atoms with Crippen LogP contribution in [0.5, 0.6) is 0 Å². The second kappa shape index (κ2) is 7.81. The molecular weight excluding hydrogens is 204 g/mol. The van der Waals surface area contributed by atoms with Crippen molar-refractivity contribution < 1.29 is 22.2 Å². The molecule has 0 spiro atoms. The molecule has 0 unspecified atom stereocenters. The summed E-state index contributed by atoms with van der Waals surface area (Å²) < 4.78 is 0. The Morgan fingerprint density at radius 1 is 1.08 bits per heavy atom. The predicted molar refractivity (Wildman–Crippen MR) is 50.0 cm³/mol. The van der Waals surface area contributed by atoms with Gasteiger partial charge in [-0.05, 0) is 0 Å². The summed E-state index contributed by atoms with van der Waals surface area (Å²) in [6, 6.07) is 17.6. The Bertz CT molecular complexity index is 241. The van der Waals surface area contributed by atoms with Crippen molar-refractivity contribution in [3.63, 3.8) is 0 Å². The van der Waals surface area contributed by atoms with Crippen LogP contribution in [-0.2, 0) is 23.7 Å². The smallest absolute Gasteiger partial charge is 0.0140 e. The molecule has 0 atom stereocenters. The Balaban J connectivity index is 0.000000215. The van der Waals surface area contributed by atoms with Gasteiger partial charge >= 0.3 is 0 Å². The number of aliphatic hydroxyl groups is 1. The van der Waals surface area contributed by atoms with E-state index < -0.39 is 0 Å². The fourth-order valence-corrected chi connectivity index (χ4v) is 0.840. The summed E-state index contributed by atoms with van der Waals surface area (Å²) in [5.74, 6) is 0. The van der Waals surface area contributed by atoms with Gasteiger partial charge in [-0.1, -0.05) is 0 Å². The molecule has 0 fully saturated rings. The fourth-order valence-electron chi connectivity index (χ4n) is 0.840. The van der Waals surface area contributed by atoms with Crippen LogP contribution in [0, 0.1) is 0 Å². The van der Waals surface area contributed by atoms with Gasteiger partial charge in [-0.15, -0.1) is 0 Å². The van der Waals surface area contributed by atoms with E-state index in [1.165, 1.54) is 0 Å². The Morgan fingerprint density at radius 3 is 2.00 bits per heavy atom. The molecule has 13 heavy (non-hydrogen) atoms. The fraction of sp³-hybridized carbons (Fsp3) is 0.0909. The molecular formula is C11H12FeO-2. The molecule has 0 bridgehead atoms. The number of hydrogen-bond acceptors (Lipinski definition) is 1. The first-order valence-corrected chi connectivity index (χ1v) is 3.91. The van der Waals surface area contributed by atoms with Crippen LogP contribution < -0.4 is 0 Å². The second-order valence-corrected chi connectivity index (χ2v) is 2.41. The molecule has 0 aliphatic heterocycles. The summed E-state index contributed by atoms with van der Waals surface area (Å²) in [6.07, 6.45) is 0. The van der Waals surface area contributed by atoms with E-state index in [1.807, 2.05) is 54.6 Å². The van der Waals surface area contributed by atoms with Crippen molar-refractivity contribution in [2.24, 2.45) is 0 Å². The first-order chi connectivity index (χ1) is 5.93. The standard InChI is InChI=1S/C6H7O.C5H5.Fe/c7-5-6-3-1-2-4-6;1-2-4-5-3-1;/h1-4,7H,5H2;1-5H;/q2*-1;. The van der Waals surface area contributed by atoms with E-state index in [2.05, 4.69) is 0 Å². The van der Waals surface area contributed by atoms with Crippen LogP contribution in [0.4, 0.5) is 0 Å². The molecule has 0 aliphatic rings. The summed E-state index contributed by atoms with van der Waals surface area (Å²) >= 11 is 0. The maximum absolute atomic E-state index is 8.43. The zero-order chi connectivity index (χ0) is 8.65. The van der Waals surface area contributed by atoms with Gasteiger partial charge in [0.05, 0.1) is 0 Å². The minimum atomic E-state index is 0. The largest absolute Gasteiger partial charge is 0.405 e. The Kier molecular flexibility index (Phi) is 7.32. The van der Waals surface area contributed by atoms with Crippen molar-refractivity contribution in [2.45, 2.75) is 6.61 Å². The van der Waals surface area contributed by atoms with Crippen LogP contribution in [-0.4, -0.2) is 5.11 Å². The van der Waals surface area contributed by atoms with E-state index >= 15 is 0 Å². The van der Waals surface area contributed by atoms with Gasteiger partial charge in [-0.3, -0.25) is 0 Å². The maximum atomic E-state index is 8.43. The van der Waals surface area contributed by atoms with Gasteiger partial charge in [-0.2, -0.15) is 42.0 Å². The van der Waals surface area contributed by atoms with Gasteiger partial charge in [0.2, 0.25) is 0 Å². The van der Waals surface area contributed by atoms with E-state index in [-0.39, 0.29) is 23.7 Å². The summed E-state index contributed by atoms with van der Waals surface area (Å²) in [5.41, 5.74) is 0.986. The molecule has 0 radical (unpaired) electrons. The third kappa shape index (κ3) is 5.42. The van der Waals surface area contributed by atoms with E-state index in [0.29, 0.717) is 0 Å². The van der Waals surface area contributed by atoms with Gasteiger partial charge in [0.15, 0.2) is 0 Å². The zero-order valence-electron chi connectivity index (χ0n) is 7.20. The van der Waals surface area contributed by atoms with Crippen LogP contribution in [0.2, 0.25) is 0 Å². The van der Waals surface area contributed by atoms with Gasteiger partial charge in [0.25, 0.3) is 0 Å². The molecule has 0 aliphatic carbocycles. The summed E-state index contributed by atoms with van der Waals surface area (Å²) in [6.45, 7) is 0.160. The Hall–Kier alpha value is -0.821. The van der Waals surface area contributed by atoms with Crippen LogP contribution >= 0.6 is 0 Å². The second-order valence-electron chi connectivity index (χ2n) is 2.41. The molecule has 0 saturated heterocycles. The minimum Gasteiger partial charge on any atom is -0.405 e. The number of rotatable bonds is 1. The average Bonchev–Trinajstić information content (AvgIpc) is 2.81. The zero-order valence-corrected chi connectivity index (χ0v) is 8.31. The van der Waals surface area contributed by atoms with Crippen LogP contribution in [0.15, 0.2) is 54.6 Å². The number of hydrogen-bond donors (Lipinski definition) is 1. The van der Waals surface area contributed by atoms with Crippen LogP contribution in [0.3, 0.4) is 0 Å². The van der Waals surface area contributed by atoms with Crippen LogP contribution in [0.25, 0.3) is 0 Å². The molecule has 0 saturated carbocycles. The summed E-state index contributed by atoms with van der Waals surface area (Å²) in [7, 11) is 0. The Morgan fingerprint density at radius 2 is 1.77 bits per heavy atom. The molecule has 1 nitrogen and oxygen atoms in total. The van der Waals surface area contributed by atoms with Crippen molar-refractivity contribution in [1.82, 2.24) is 0 Å². The summed E-state index contributed by atoms with van der Waals surface area (Å²) in [4.78, 5) is 0. The van der Waals surface area contributed by atoms with Crippen molar-refractivity contribution >= 4 is 0 Å². The molecule has 0 heterocycles. The van der Waals surface area contributed by atoms with Crippen molar-refractivity contribution in [2.75, 3.05) is 0 Å². The third-order valence-electron chi connectivity index (χ3n) is 1.47. The molecule has 0 aromatic heterocycles. The van der Waals surface area contributed by atoms with Gasteiger partial charge in [0.1, 0.15) is 0 Å². The van der Waals surface area contributed by atoms with Gasteiger partial charge in [-0.25, -0.2) is 18.2 Å². The molecule has 0 amide bonds. The molecule has 2 rings (SSSR count). The van der Waals surface area contributed by atoms with E-state index in [0.717, 1.165) is 5.56 Å². The van der Waals surface area contributed by atoms with Crippen molar-refractivity contribution in [1.29, 1.82) is 0 Å². The third-order valence-corrected chi connectivity index (χ3v) is 1.47. The Labute approximate surface area is 89.2 Å². The molecule has 2 aromatic rings. The normalized spacial score (nSPS) is 8.08. The van der Waals surface area contributed by atoms with Gasteiger partial charge < -0.3 is 5.11 Å². The average molecular weight is 216 g/mol. The van der Waals surface area contributed by atoms with E-state index in [9.17, 15) is 0 Å². The van der Waals surface area contributed by atoms with Crippen LogP contribution in [0.1, 0.15) is 5.56 Å². The SMILES string of the molecule is OCc1cc[cH-]c1.[Fe].c1cc[cH-]c1. The van der Waals surface area contributed by atoms with E-state index in [1.54, 1.807) is 0 Å². The molecule has 72 valence electrons. The monoisotopic (exact) mass is 216 g/mol. The van der Waals surface area contributed by atoms with Crippen molar-refractivity contribution in [3.8, 4) is 0 Å². The quantitative estimate of drug-likeness (QED) is 0.572. The van der Waals surface area contributed by atoms with E-state index in [4.69, 9.17) is 5.11 Å². The molecule has 2 aromatic carbocycles. The molecule has 2 heteroatoms.